The summed E-state index contributed by atoms with van der Waals surface area (Å²) >= 11 is 0. The maximum atomic E-state index is 13.2. The highest BCUT2D eigenvalue weighted by Gasteiger charge is 2.15. The third-order valence-electron chi connectivity index (χ3n) is 4.35. The second-order valence-corrected chi connectivity index (χ2v) is 5.89. The standard InChI is InChI=1S/C22H21F/c1-2-17-8-12-20(13-9-17)22(19-6-4-3-5-7-19)16-18-10-14-21(23)15-11-18/h3-15,22H,2,16H2,1H3. The van der Waals surface area contributed by atoms with E-state index in [0.717, 1.165) is 18.4 Å². The van der Waals surface area contributed by atoms with Crippen molar-refractivity contribution in [3.63, 3.8) is 0 Å². The van der Waals surface area contributed by atoms with Gasteiger partial charge in [-0.15, -0.1) is 0 Å². The first-order chi connectivity index (χ1) is 11.3. The summed E-state index contributed by atoms with van der Waals surface area (Å²) in [5, 5.41) is 0. The largest absolute Gasteiger partial charge is 0.207 e. The van der Waals surface area contributed by atoms with Crippen LogP contribution in [0, 0.1) is 5.82 Å². The fourth-order valence-corrected chi connectivity index (χ4v) is 2.96. The molecular formula is C22H21F. The zero-order chi connectivity index (χ0) is 16.1. The smallest absolute Gasteiger partial charge is 0.123 e. The molecule has 1 atom stereocenters. The van der Waals surface area contributed by atoms with E-state index in [9.17, 15) is 4.39 Å². The Labute approximate surface area is 137 Å². The van der Waals surface area contributed by atoms with Crippen LogP contribution in [-0.4, -0.2) is 0 Å². The zero-order valence-corrected chi connectivity index (χ0v) is 13.4. The summed E-state index contributed by atoms with van der Waals surface area (Å²) in [6.07, 6.45) is 1.92. The summed E-state index contributed by atoms with van der Waals surface area (Å²) in [6, 6.07) is 26.2. The van der Waals surface area contributed by atoms with Crippen LogP contribution in [0.15, 0.2) is 78.9 Å². The van der Waals surface area contributed by atoms with Crippen molar-refractivity contribution < 1.29 is 4.39 Å². The Bertz CT molecular complexity index is 727. The molecule has 0 heterocycles. The van der Waals surface area contributed by atoms with Crippen LogP contribution in [0.25, 0.3) is 0 Å². The lowest BCUT2D eigenvalue weighted by Crippen LogP contribution is -2.05. The van der Waals surface area contributed by atoms with E-state index in [1.54, 1.807) is 0 Å². The molecule has 0 spiro atoms. The minimum atomic E-state index is -0.183. The van der Waals surface area contributed by atoms with E-state index in [1.165, 1.54) is 28.8 Å². The van der Waals surface area contributed by atoms with E-state index in [-0.39, 0.29) is 11.7 Å². The topological polar surface area (TPSA) is 0 Å². The van der Waals surface area contributed by atoms with E-state index >= 15 is 0 Å². The molecule has 3 aromatic rings. The van der Waals surface area contributed by atoms with Crippen LogP contribution in [0.4, 0.5) is 4.39 Å². The lowest BCUT2D eigenvalue weighted by Gasteiger charge is -2.19. The maximum Gasteiger partial charge on any atom is 0.123 e. The quantitative estimate of drug-likeness (QED) is 0.562. The van der Waals surface area contributed by atoms with Gasteiger partial charge >= 0.3 is 0 Å². The number of hydrogen-bond acceptors (Lipinski definition) is 0. The van der Waals surface area contributed by atoms with Gasteiger partial charge in [-0.3, -0.25) is 0 Å². The summed E-state index contributed by atoms with van der Waals surface area (Å²) in [7, 11) is 0. The van der Waals surface area contributed by atoms with Gasteiger partial charge in [0.25, 0.3) is 0 Å². The van der Waals surface area contributed by atoms with Gasteiger partial charge in [0.05, 0.1) is 0 Å². The van der Waals surface area contributed by atoms with Gasteiger partial charge in [0.15, 0.2) is 0 Å². The van der Waals surface area contributed by atoms with Crippen molar-refractivity contribution in [3.8, 4) is 0 Å². The molecule has 3 aromatic carbocycles. The van der Waals surface area contributed by atoms with Crippen LogP contribution in [-0.2, 0) is 12.8 Å². The molecule has 0 radical (unpaired) electrons. The van der Waals surface area contributed by atoms with Crippen LogP contribution in [0.1, 0.15) is 35.1 Å². The third kappa shape index (κ3) is 3.87. The molecule has 0 fully saturated rings. The predicted octanol–water partition coefficient (Wildman–Crippen LogP) is 5.76. The first-order valence-electron chi connectivity index (χ1n) is 8.14. The first-order valence-corrected chi connectivity index (χ1v) is 8.14. The molecule has 0 aliphatic heterocycles. The average Bonchev–Trinajstić information content (AvgIpc) is 2.62. The second-order valence-electron chi connectivity index (χ2n) is 5.89. The molecule has 1 heteroatoms. The fraction of sp³-hybridized carbons (Fsp3) is 0.182. The Morgan fingerprint density at radius 2 is 1.26 bits per heavy atom. The Balaban J connectivity index is 1.94. The maximum absolute atomic E-state index is 13.2. The van der Waals surface area contributed by atoms with Gasteiger partial charge in [0.2, 0.25) is 0 Å². The SMILES string of the molecule is CCc1ccc(C(Cc2ccc(F)cc2)c2ccccc2)cc1. The highest BCUT2D eigenvalue weighted by atomic mass is 19.1. The molecule has 0 aliphatic carbocycles. The second kappa shape index (κ2) is 7.23. The normalized spacial score (nSPS) is 12.1. The number of rotatable bonds is 5. The van der Waals surface area contributed by atoms with Crippen LogP contribution in [0.3, 0.4) is 0 Å². The van der Waals surface area contributed by atoms with Crippen LogP contribution < -0.4 is 0 Å². The molecule has 0 aromatic heterocycles. The van der Waals surface area contributed by atoms with Crippen molar-refractivity contribution >= 4 is 0 Å². The number of benzene rings is 3. The van der Waals surface area contributed by atoms with Gasteiger partial charge < -0.3 is 0 Å². The molecule has 0 saturated heterocycles. The molecule has 0 N–H and O–H groups in total. The summed E-state index contributed by atoms with van der Waals surface area (Å²) in [5.74, 6) is 0.102. The van der Waals surface area contributed by atoms with Crippen LogP contribution in [0.5, 0.6) is 0 Å². The lowest BCUT2D eigenvalue weighted by molar-refractivity contribution is 0.626. The van der Waals surface area contributed by atoms with Gasteiger partial charge in [0.1, 0.15) is 5.82 Å². The van der Waals surface area contributed by atoms with Gasteiger partial charge in [0, 0.05) is 5.92 Å². The fourth-order valence-electron chi connectivity index (χ4n) is 2.96. The van der Waals surface area contributed by atoms with Crippen molar-refractivity contribution in [2.75, 3.05) is 0 Å². The molecule has 1 unspecified atom stereocenters. The predicted molar refractivity (Wildman–Crippen MR) is 94.2 cm³/mol. The lowest BCUT2D eigenvalue weighted by atomic mass is 9.85. The average molecular weight is 304 g/mol. The highest BCUT2D eigenvalue weighted by molar-refractivity contribution is 5.36. The Morgan fingerprint density at radius 3 is 1.87 bits per heavy atom. The minimum Gasteiger partial charge on any atom is -0.207 e. The van der Waals surface area contributed by atoms with Crippen molar-refractivity contribution in [3.05, 3.63) is 107 Å². The van der Waals surface area contributed by atoms with E-state index in [2.05, 4.69) is 55.5 Å². The molecule has 0 aliphatic rings. The molecule has 0 saturated carbocycles. The number of hydrogen-bond donors (Lipinski definition) is 0. The van der Waals surface area contributed by atoms with E-state index < -0.39 is 0 Å². The molecular weight excluding hydrogens is 283 g/mol. The molecule has 0 nitrogen and oxygen atoms in total. The van der Waals surface area contributed by atoms with Crippen molar-refractivity contribution in [1.82, 2.24) is 0 Å². The van der Waals surface area contributed by atoms with Crippen molar-refractivity contribution in [2.45, 2.75) is 25.7 Å². The highest BCUT2D eigenvalue weighted by Crippen LogP contribution is 2.29. The summed E-state index contributed by atoms with van der Waals surface area (Å²) in [5.41, 5.74) is 5.10. The Morgan fingerprint density at radius 1 is 0.696 bits per heavy atom. The Kier molecular flexibility index (Phi) is 4.87. The molecule has 116 valence electrons. The zero-order valence-electron chi connectivity index (χ0n) is 13.4. The third-order valence-corrected chi connectivity index (χ3v) is 4.35. The summed E-state index contributed by atoms with van der Waals surface area (Å²) in [4.78, 5) is 0. The minimum absolute atomic E-state index is 0.183. The molecule has 3 rings (SSSR count). The van der Waals surface area contributed by atoms with E-state index in [1.807, 2.05) is 18.2 Å². The van der Waals surface area contributed by atoms with E-state index in [4.69, 9.17) is 0 Å². The van der Waals surface area contributed by atoms with Crippen molar-refractivity contribution in [1.29, 1.82) is 0 Å². The van der Waals surface area contributed by atoms with Gasteiger partial charge in [-0.2, -0.15) is 0 Å². The molecule has 0 bridgehead atoms. The van der Waals surface area contributed by atoms with Crippen LogP contribution in [0.2, 0.25) is 0 Å². The van der Waals surface area contributed by atoms with Gasteiger partial charge in [-0.1, -0.05) is 73.7 Å². The van der Waals surface area contributed by atoms with Crippen LogP contribution >= 0.6 is 0 Å². The monoisotopic (exact) mass is 304 g/mol. The molecule has 23 heavy (non-hydrogen) atoms. The van der Waals surface area contributed by atoms with E-state index in [0.29, 0.717) is 0 Å². The number of aryl methyl sites for hydroxylation is 1. The summed E-state index contributed by atoms with van der Waals surface area (Å²) < 4.78 is 13.2. The van der Waals surface area contributed by atoms with Crippen molar-refractivity contribution in [2.24, 2.45) is 0 Å². The van der Waals surface area contributed by atoms with Gasteiger partial charge in [-0.05, 0) is 47.2 Å². The van der Waals surface area contributed by atoms with Gasteiger partial charge in [-0.25, -0.2) is 4.39 Å². The Hall–Kier alpha value is -2.41. The first kappa shape index (κ1) is 15.5. The summed E-state index contributed by atoms with van der Waals surface area (Å²) in [6.45, 7) is 2.17. The number of halogens is 1. The molecule has 0 amide bonds.